The van der Waals surface area contributed by atoms with E-state index < -0.39 is 0 Å². The number of piperazine rings is 1. The summed E-state index contributed by atoms with van der Waals surface area (Å²) in [6.07, 6.45) is 1.75. The van der Waals surface area contributed by atoms with Crippen molar-refractivity contribution in [2.45, 2.75) is 6.54 Å². The lowest BCUT2D eigenvalue weighted by Gasteiger charge is -2.34. The molecule has 2 aliphatic heterocycles. The molecule has 4 rings (SSSR count). The van der Waals surface area contributed by atoms with Crippen molar-refractivity contribution in [3.63, 3.8) is 0 Å². The summed E-state index contributed by atoms with van der Waals surface area (Å²) in [7, 11) is 3.86. The van der Waals surface area contributed by atoms with E-state index in [9.17, 15) is 4.79 Å². The summed E-state index contributed by atoms with van der Waals surface area (Å²) < 4.78 is 0. The van der Waals surface area contributed by atoms with Gasteiger partial charge in [0, 0.05) is 62.9 Å². The zero-order valence-electron chi connectivity index (χ0n) is 15.1. The van der Waals surface area contributed by atoms with E-state index in [1.54, 1.807) is 13.2 Å². The number of rotatable bonds is 3. The summed E-state index contributed by atoms with van der Waals surface area (Å²) in [4.78, 5) is 26.8. The van der Waals surface area contributed by atoms with Crippen molar-refractivity contribution in [3.8, 4) is 0 Å². The summed E-state index contributed by atoms with van der Waals surface area (Å²) in [6, 6.07) is 8.15. The van der Waals surface area contributed by atoms with Crippen molar-refractivity contribution in [3.05, 3.63) is 36.0 Å². The Morgan fingerprint density at radius 1 is 1.08 bits per heavy atom. The van der Waals surface area contributed by atoms with Crippen LogP contribution in [0.15, 0.2) is 30.5 Å². The van der Waals surface area contributed by atoms with Gasteiger partial charge in [-0.2, -0.15) is 4.98 Å². The number of hydrogen-bond acceptors (Lipinski definition) is 6. The number of nitrogens with one attached hydrogen (secondary N) is 2. The molecule has 1 fully saturated rings. The second-order valence-electron chi connectivity index (χ2n) is 6.72. The third kappa shape index (κ3) is 3.28. The zero-order chi connectivity index (χ0) is 18.1. The predicted octanol–water partition coefficient (Wildman–Crippen LogP) is 1.63. The van der Waals surface area contributed by atoms with E-state index in [2.05, 4.69) is 49.6 Å². The summed E-state index contributed by atoms with van der Waals surface area (Å²) in [5, 5.41) is 6.00. The fourth-order valence-electron chi connectivity index (χ4n) is 3.21. The molecule has 2 amide bonds. The Kier molecular flexibility index (Phi) is 4.34. The van der Waals surface area contributed by atoms with Gasteiger partial charge in [-0.05, 0) is 31.3 Å². The number of nitrogens with zero attached hydrogens (tertiary/aromatic N) is 5. The molecule has 0 aliphatic carbocycles. The molecule has 1 aromatic heterocycles. The maximum absolute atomic E-state index is 11.8. The molecular formula is C18H23N7O. The van der Waals surface area contributed by atoms with Gasteiger partial charge in [0.1, 0.15) is 5.82 Å². The molecule has 1 aromatic carbocycles. The smallest absolute Gasteiger partial charge is 0.323 e. The maximum Gasteiger partial charge on any atom is 0.323 e. The number of benzene rings is 1. The molecule has 1 saturated heterocycles. The van der Waals surface area contributed by atoms with Crippen LogP contribution in [0.25, 0.3) is 0 Å². The van der Waals surface area contributed by atoms with Gasteiger partial charge in [-0.25, -0.2) is 9.78 Å². The minimum atomic E-state index is -0.154. The molecule has 0 saturated carbocycles. The van der Waals surface area contributed by atoms with E-state index in [0.717, 1.165) is 37.4 Å². The summed E-state index contributed by atoms with van der Waals surface area (Å²) in [5.41, 5.74) is 3.06. The van der Waals surface area contributed by atoms with Gasteiger partial charge in [-0.1, -0.05) is 0 Å². The van der Waals surface area contributed by atoms with Gasteiger partial charge >= 0.3 is 6.03 Å². The lowest BCUT2D eigenvalue weighted by atomic mass is 10.2. The Morgan fingerprint density at radius 3 is 2.54 bits per heavy atom. The number of carbonyl (C=O) groups excluding carboxylic acids is 1. The number of fused-ring (bicyclic) bond motifs is 1. The fraction of sp³-hybridized carbons (Fsp3) is 0.389. The van der Waals surface area contributed by atoms with Gasteiger partial charge in [0.2, 0.25) is 5.95 Å². The van der Waals surface area contributed by atoms with Crippen LogP contribution in [0.2, 0.25) is 0 Å². The maximum atomic E-state index is 11.8. The second-order valence-corrected chi connectivity index (χ2v) is 6.72. The monoisotopic (exact) mass is 353 g/mol. The molecule has 2 aromatic rings. The highest BCUT2D eigenvalue weighted by atomic mass is 16.2. The van der Waals surface area contributed by atoms with E-state index in [1.165, 1.54) is 10.6 Å². The van der Waals surface area contributed by atoms with Crippen molar-refractivity contribution in [1.82, 2.24) is 20.2 Å². The van der Waals surface area contributed by atoms with Crippen molar-refractivity contribution < 1.29 is 4.79 Å². The van der Waals surface area contributed by atoms with Gasteiger partial charge in [0.05, 0.1) is 0 Å². The number of hydrogen-bond donors (Lipinski definition) is 2. The minimum Gasteiger partial charge on any atom is -0.369 e. The SMILES string of the molecule is CN1CCN(c2ccc(Nc3ncc4c(n3)N(C)C(=O)NC4)cc2)CC1. The van der Waals surface area contributed by atoms with E-state index in [4.69, 9.17) is 0 Å². The molecular weight excluding hydrogens is 330 g/mol. The van der Waals surface area contributed by atoms with Crippen LogP contribution in [0.4, 0.5) is 27.9 Å². The molecule has 0 atom stereocenters. The molecule has 8 heteroatoms. The van der Waals surface area contributed by atoms with Crippen molar-refractivity contribution >= 4 is 29.2 Å². The molecule has 8 nitrogen and oxygen atoms in total. The Labute approximate surface area is 152 Å². The standard InChI is InChI=1S/C18H23N7O/c1-23-7-9-25(10-8-23)15-5-3-14(4-6-15)21-17-19-11-13-12-20-18(26)24(2)16(13)22-17/h3-6,11H,7-10,12H2,1-2H3,(H,20,26)(H,19,21,22). The van der Waals surface area contributed by atoms with E-state index in [-0.39, 0.29) is 6.03 Å². The Morgan fingerprint density at radius 2 is 1.81 bits per heavy atom. The molecule has 26 heavy (non-hydrogen) atoms. The number of likely N-dealkylation sites (N-methyl/N-ethyl adjacent to an activating group) is 1. The first-order chi connectivity index (χ1) is 12.6. The molecule has 3 heterocycles. The fourth-order valence-corrected chi connectivity index (χ4v) is 3.21. The van der Waals surface area contributed by atoms with Gasteiger partial charge in [0.15, 0.2) is 0 Å². The molecule has 2 N–H and O–H groups in total. The molecule has 2 aliphatic rings. The number of amides is 2. The van der Waals surface area contributed by atoms with Gasteiger partial charge in [-0.15, -0.1) is 0 Å². The van der Waals surface area contributed by atoms with Crippen molar-refractivity contribution in [2.24, 2.45) is 0 Å². The number of anilines is 4. The first-order valence-corrected chi connectivity index (χ1v) is 8.78. The number of carbonyl (C=O) groups is 1. The second kappa shape index (κ2) is 6.80. The van der Waals surface area contributed by atoms with Gasteiger partial charge < -0.3 is 20.4 Å². The highest BCUT2D eigenvalue weighted by Gasteiger charge is 2.22. The van der Waals surface area contributed by atoms with Crippen LogP contribution in [-0.2, 0) is 6.54 Å². The first-order valence-electron chi connectivity index (χ1n) is 8.78. The Hall–Kier alpha value is -2.87. The van der Waals surface area contributed by atoms with Gasteiger partial charge in [0.25, 0.3) is 0 Å². The highest BCUT2D eigenvalue weighted by Crippen LogP contribution is 2.24. The van der Waals surface area contributed by atoms with Crippen LogP contribution in [0, 0.1) is 0 Å². The van der Waals surface area contributed by atoms with Crippen LogP contribution >= 0.6 is 0 Å². The van der Waals surface area contributed by atoms with Crippen LogP contribution in [0.5, 0.6) is 0 Å². The summed E-state index contributed by atoms with van der Waals surface area (Å²) in [5.74, 6) is 1.12. The third-order valence-electron chi connectivity index (χ3n) is 4.89. The van der Waals surface area contributed by atoms with Crippen molar-refractivity contribution in [2.75, 3.05) is 55.4 Å². The average molecular weight is 353 g/mol. The third-order valence-corrected chi connectivity index (χ3v) is 4.89. The lowest BCUT2D eigenvalue weighted by Crippen LogP contribution is -2.44. The lowest BCUT2D eigenvalue weighted by molar-refractivity contribution is 0.245. The summed E-state index contributed by atoms with van der Waals surface area (Å²) in [6.45, 7) is 4.73. The Bertz CT molecular complexity index is 800. The van der Waals surface area contributed by atoms with E-state index >= 15 is 0 Å². The molecule has 0 unspecified atom stereocenters. The van der Waals surface area contributed by atoms with E-state index in [0.29, 0.717) is 18.3 Å². The molecule has 0 bridgehead atoms. The first kappa shape index (κ1) is 16.6. The van der Waals surface area contributed by atoms with Gasteiger partial charge in [-0.3, -0.25) is 4.90 Å². The largest absolute Gasteiger partial charge is 0.369 e. The topological polar surface area (TPSA) is 76.6 Å². The summed E-state index contributed by atoms with van der Waals surface area (Å²) >= 11 is 0. The number of aromatic nitrogens is 2. The van der Waals surface area contributed by atoms with Crippen LogP contribution in [0.3, 0.4) is 0 Å². The molecule has 0 spiro atoms. The molecule has 0 radical (unpaired) electrons. The highest BCUT2D eigenvalue weighted by molar-refractivity contribution is 5.93. The number of urea groups is 1. The normalized spacial score (nSPS) is 17.7. The zero-order valence-corrected chi connectivity index (χ0v) is 15.1. The predicted molar refractivity (Wildman–Crippen MR) is 102 cm³/mol. The molecule has 136 valence electrons. The Balaban J connectivity index is 1.47. The average Bonchev–Trinajstić information content (AvgIpc) is 2.66. The van der Waals surface area contributed by atoms with Crippen LogP contribution in [0.1, 0.15) is 5.56 Å². The minimum absolute atomic E-state index is 0.154. The van der Waals surface area contributed by atoms with Crippen LogP contribution in [-0.4, -0.2) is 61.2 Å². The van der Waals surface area contributed by atoms with Crippen molar-refractivity contribution in [1.29, 1.82) is 0 Å². The quantitative estimate of drug-likeness (QED) is 0.873. The van der Waals surface area contributed by atoms with E-state index in [1.807, 2.05) is 12.1 Å². The van der Waals surface area contributed by atoms with Crippen LogP contribution < -0.4 is 20.4 Å².